The van der Waals surface area contributed by atoms with Crippen molar-refractivity contribution < 1.29 is 104 Å². The Morgan fingerprint density at radius 1 is 0.389 bits per heavy atom. The summed E-state index contributed by atoms with van der Waals surface area (Å²) < 4.78 is 272. The van der Waals surface area contributed by atoms with E-state index in [1.165, 1.54) is 14.1 Å². The molecule has 4 aromatic carbocycles. The van der Waals surface area contributed by atoms with Gasteiger partial charge in [0, 0.05) is 264 Å². The summed E-state index contributed by atoms with van der Waals surface area (Å²) in [5.41, 5.74) is -5.50. The summed E-state index contributed by atoms with van der Waals surface area (Å²) in [6.07, 6.45) is 1.90. The van der Waals surface area contributed by atoms with Crippen molar-refractivity contribution in [3.05, 3.63) is 106 Å². The van der Waals surface area contributed by atoms with Crippen LogP contribution in [0.4, 0.5) is 34.6 Å². The van der Waals surface area contributed by atoms with Crippen molar-refractivity contribution in [1.82, 2.24) is 29.9 Å². The molecule has 52 heteroatoms. The number of benzene rings is 4. The van der Waals surface area contributed by atoms with E-state index in [0.29, 0.717) is 36.4 Å². The molecular formula is C38H40N12Na8O24S8. The Balaban J connectivity index is -0.00000946. The smallest absolute Gasteiger partial charge is 0.296 e. The van der Waals surface area contributed by atoms with Gasteiger partial charge in [-0.3, -0.25) is 56.4 Å². The van der Waals surface area contributed by atoms with Gasteiger partial charge in [0.1, 0.15) is 19.6 Å². The van der Waals surface area contributed by atoms with Crippen molar-refractivity contribution in [3.63, 3.8) is 0 Å². The summed E-state index contributed by atoms with van der Waals surface area (Å²) >= 11 is 0. The number of nitrogens with one attached hydrogen (secondary N) is 4. The fourth-order valence-corrected chi connectivity index (χ4v) is 11.2. The van der Waals surface area contributed by atoms with Gasteiger partial charge in [-0.2, -0.15) is 77.3 Å². The molecule has 0 aliphatic carbocycles. The number of aromatic amines is 4. The minimum Gasteiger partial charge on any atom is -0.344 e. The number of H-pyrrole nitrogens is 4. The van der Waals surface area contributed by atoms with E-state index in [1.54, 1.807) is 0 Å². The maximum atomic E-state index is 12.8. The molecule has 452 valence electrons. The van der Waals surface area contributed by atoms with Crippen LogP contribution >= 0.6 is 0 Å². The molecule has 0 unspecified atom stereocenters. The number of anilines is 2. The van der Waals surface area contributed by atoms with E-state index in [4.69, 9.17) is 0 Å². The molecule has 0 amide bonds. The Hall–Kier alpha value is 0.720. The monoisotopic (exact) mass is 1490 g/mol. The molecule has 2 heterocycles. The summed E-state index contributed by atoms with van der Waals surface area (Å²) in [6.45, 7) is -1.00. The van der Waals surface area contributed by atoms with Crippen LogP contribution in [0.3, 0.4) is 0 Å². The van der Waals surface area contributed by atoms with Crippen molar-refractivity contribution >= 4 is 364 Å². The summed E-state index contributed by atoms with van der Waals surface area (Å²) in [4.78, 5) is 30.9. The number of nitrogens with zero attached hydrogens (tertiary/aromatic N) is 8. The van der Waals surface area contributed by atoms with E-state index < -0.39 is 169 Å². The predicted octanol–water partition coefficient (Wildman–Crippen LogP) is -4.03. The van der Waals surface area contributed by atoms with E-state index in [0.717, 1.165) is 58.4 Å². The second-order valence-corrected chi connectivity index (χ2v) is 28.0. The average Bonchev–Trinajstić information content (AvgIpc) is 3.32. The molecule has 8 radical (unpaired) electrons. The average molecular weight is 1490 g/mol. The molecule has 36 nitrogen and oxygen atoms in total. The normalized spacial score (nSPS) is 13.0. The first kappa shape index (κ1) is 94.9. The van der Waals surface area contributed by atoms with Crippen molar-refractivity contribution in [3.8, 4) is 0 Å². The molecule has 0 atom stereocenters. The van der Waals surface area contributed by atoms with Crippen LogP contribution in [0.2, 0.25) is 0 Å². The molecule has 2 aromatic heterocycles. The molecule has 0 bridgehead atoms. The third kappa shape index (κ3) is 28.9. The molecule has 0 fully saturated rings. The Kier molecular flexibility index (Phi) is 39.8. The number of aromatic nitrogens is 6. The Bertz CT molecular complexity index is 4600. The van der Waals surface area contributed by atoms with Gasteiger partial charge in [-0.25, -0.2) is 20.0 Å². The van der Waals surface area contributed by atoms with Crippen LogP contribution in [0.25, 0.3) is 12.2 Å². The molecule has 6 rings (SSSR count). The van der Waals surface area contributed by atoms with Gasteiger partial charge in [-0.15, -0.1) is 0 Å². The number of hydrogen-bond acceptors (Lipinski definition) is 24. The van der Waals surface area contributed by atoms with E-state index in [-0.39, 0.29) is 271 Å². The van der Waals surface area contributed by atoms with Crippen molar-refractivity contribution in [2.24, 2.45) is 20.0 Å². The van der Waals surface area contributed by atoms with Crippen LogP contribution in [0.1, 0.15) is 11.1 Å². The van der Waals surface area contributed by atoms with E-state index in [2.05, 4.69) is 49.9 Å². The summed E-state index contributed by atoms with van der Waals surface area (Å²) in [5, 5.41) is 0. The van der Waals surface area contributed by atoms with Gasteiger partial charge in [-0.1, -0.05) is 24.3 Å². The van der Waals surface area contributed by atoms with Crippen molar-refractivity contribution in [1.29, 1.82) is 0 Å². The van der Waals surface area contributed by atoms with Crippen molar-refractivity contribution in [2.75, 3.05) is 48.5 Å². The van der Waals surface area contributed by atoms with Gasteiger partial charge in [0.15, 0.2) is 0 Å². The molecule has 0 spiro atoms. The van der Waals surface area contributed by atoms with E-state index in [1.807, 2.05) is 0 Å². The van der Waals surface area contributed by atoms with Gasteiger partial charge >= 0.3 is 0 Å². The SMILES string of the molecule is CN(CCS(=O)(=O)O)c1nc(=Nc2ccc(C=Cc3ccc(N=c4nc(N(C)CCS(=O)(=O)O)[nH]c(=Nc5cc(S(=O)(=O)O)ccc5S(=O)(=O)O)[nH]4)cc3S(=O)(=O)O)c(S(=O)(=O)O)c2)[nH]c(=Nc2cc(S(=O)(=O)O)ccc2S(=O)(=O)O)[nH]1.[Na].[Na].[Na].[Na].[Na].[Na].[Na].[Na]. The van der Waals surface area contributed by atoms with Crippen LogP contribution in [0.5, 0.6) is 0 Å². The minimum atomic E-state index is -5.26. The maximum Gasteiger partial charge on any atom is 0.296 e. The second-order valence-electron chi connectivity index (χ2n) is 16.5. The Morgan fingerprint density at radius 2 is 0.689 bits per heavy atom. The Labute approximate surface area is 690 Å². The molecule has 6 aromatic rings. The quantitative estimate of drug-likeness (QED) is 0.0197. The third-order valence-corrected chi connectivity index (χ3v) is 17.1. The number of hydrogen-bond donors (Lipinski definition) is 12. The summed E-state index contributed by atoms with van der Waals surface area (Å²) in [6, 6.07) is 9.22. The number of rotatable bonds is 20. The molecule has 0 aliphatic heterocycles. The summed E-state index contributed by atoms with van der Waals surface area (Å²) in [7, 11) is -37.6. The second kappa shape index (κ2) is 37.8. The maximum absolute atomic E-state index is 12.8. The topological polar surface area (TPSA) is 580 Å². The van der Waals surface area contributed by atoms with Crippen LogP contribution < -0.4 is 32.3 Å². The molecule has 0 aliphatic rings. The van der Waals surface area contributed by atoms with E-state index in [9.17, 15) is 104 Å². The first-order chi connectivity index (χ1) is 37.4. The van der Waals surface area contributed by atoms with Crippen LogP contribution in [-0.2, 0) is 80.9 Å². The molecule has 0 saturated heterocycles. The van der Waals surface area contributed by atoms with Gasteiger partial charge in [0.25, 0.3) is 80.9 Å². The fraction of sp³-hybridized carbons (Fsp3) is 0.158. The van der Waals surface area contributed by atoms with E-state index >= 15 is 0 Å². The Morgan fingerprint density at radius 3 is 0.956 bits per heavy atom. The standard InChI is InChI=1S/C38H40N12O24S8.8Na/c1-49(13-15-75(51,52)53)37-45-33(43-35(47-37)41-27-19-25(77(57,58)59)9-11-29(27)79(63,64)65)39-23-7-5-21(31(17-23)81(69,70)71)3-4-22-6-8-24(18-32(22)82(72,73)74)40-34-44-36(48-38(46-34)50(2)14-16-76(54,55)56)42-28-20-26(78(60,61)62)10-12-30(28)80(66,67)68;;;;;;;;/h3-12,17-20H,13-16H2,1-2H3,(H,51,52,53)(H,54,55,56)(H,57,58,59)(H,60,61,62)(H,63,64,65)(H,66,67,68)(H,69,70,71)(H,72,73,74)(H2,39,41,43,45,47)(H2,40,42,44,46,48);;;;;;;;. The molecular weight excluding hydrogens is 1450 g/mol. The minimum absolute atomic E-state index is 0. The third-order valence-electron chi connectivity index (χ3n) is 10.4. The van der Waals surface area contributed by atoms with Crippen molar-refractivity contribution in [2.45, 2.75) is 29.4 Å². The van der Waals surface area contributed by atoms with Gasteiger partial charge in [-0.05, 0) is 71.8 Å². The van der Waals surface area contributed by atoms with Crippen LogP contribution in [-0.4, -0.2) is 409 Å². The first-order valence-electron chi connectivity index (χ1n) is 21.4. The van der Waals surface area contributed by atoms with Crippen LogP contribution in [0.15, 0.2) is 122 Å². The van der Waals surface area contributed by atoms with Gasteiger partial charge < -0.3 is 9.80 Å². The zero-order valence-corrected chi connectivity index (χ0v) is 71.4. The molecule has 12 N–H and O–H groups in total. The predicted molar refractivity (Wildman–Crippen MR) is 326 cm³/mol. The fourth-order valence-electron chi connectivity index (χ4n) is 6.59. The zero-order chi connectivity index (χ0) is 61.3. The zero-order valence-electron chi connectivity index (χ0n) is 48.9. The molecule has 0 saturated carbocycles. The largest absolute Gasteiger partial charge is 0.344 e. The first-order valence-corrected chi connectivity index (χ1v) is 33.3. The van der Waals surface area contributed by atoms with Gasteiger partial charge in [0.05, 0.1) is 44.0 Å². The van der Waals surface area contributed by atoms with Crippen LogP contribution in [0, 0.1) is 0 Å². The molecule has 90 heavy (non-hydrogen) atoms. The van der Waals surface area contributed by atoms with Gasteiger partial charge in [0.2, 0.25) is 34.4 Å². The summed E-state index contributed by atoms with van der Waals surface area (Å²) in [5.74, 6) is -2.52.